The highest BCUT2D eigenvalue weighted by atomic mass is 32.1. The van der Waals surface area contributed by atoms with Gasteiger partial charge in [0, 0.05) is 25.3 Å². The number of carbonyl (C=O) groups excluding carboxylic acids is 5. The summed E-state index contributed by atoms with van der Waals surface area (Å²) in [4.78, 5) is 130. The van der Waals surface area contributed by atoms with Gasteiger partial charge in [-0.1, -0.05) is 24.3 Å². The van der Waals surface area contributed by atoms with Crippen LogP contribution >= 0.6 is 12.6 Å². The Balaban J connectivity index is 2.62. The Morgan fingerprint density at radius 3 is 1.48 bits per heavy atom. The van der Waals surface area contributed by atoms with E-state index in [-0.39, 0.29) is 38.1 Å². The Labute approximate surface area is 334 Å². The molecule has 5 atom stereocenters. The Bertz CT molecular complexity index is 1680. The van der Waals surface area contributed by atoms with E-state index < -0.39 is 121 Å². The predicted octanol–water partition coefficient (Wildman–Crippen LogP) is -2.31. The molecule has 7 amide bonds. The van der Waals surface area contributed by atoms with E-state index in [0.717, 1.165) is 0 Å². The molecule has 25 heteroatoms. The summed E-state index contributed by atoms with van der Waals surface area (Å²) in [6, 6.07) is -3.59. The predicted molar refractivity (Wildman–Crippen MR) is 197 cm³/mol. The molecule has 0 aliphatic carbocycles. The van der Waals surface area contributed by atoms with Crippen LogP contribution in [0.1, 0.15) is 56.1 Å². The molecule has 1 rings (SSSR count). The van der Waals surface area contributed by atoms with Crippen LogP contribution < -0.4 is 37.2 Å². The van der Waals surface area contributed by atoms with Gasteiger partial charge in [0.05, 0.1) is 19.3 Å². The number of nitrogens with one attached hydrogen (secondary N) is 7. The summed E-state index contributed by atoms with van der Waals surface area (Å²) in [5, 5.41) is 70.4. The zero-order valence-electron chi connectivity index (χ0n) is 30.6. The molecule has 1 aromatic rings. The summed E-state index contributed by atoms with van der Waals surface area (Å²) >= 11 is 3.79. The molecule has 0 aliphatic heterocycles. The zero-order valence-corrected chi connectivity index (χ0v) is 31.5. The standard InChI is InChI=1S/C33H45N7O17S/c41-23(36-20(12-25(44)45)27(48)37-21(13-26(46)47)28(49)38-22(15-58)31(54)55)11-16-4-6-17(7-5-16)14-35-32(56)34-10-2-1-3-18(29(50)51)39-33(57)40-19(30(52)53)8-9-24(42)43/h4-7,18-22,58H,1-3,8-15H2,(H,36,41)(H,37,48)(H,38,49)(H,42,43)(H,44,45)(H,46,47)(H,50,51)(H,52,53)(H,54,55)(H2,34,35,56)(H2,39,40,57)/t18-,19-,20-,21-,22+/m0/s1. The summed E-state index contributed by atoms with van der Waals surface area (Å²) in [6.07, 6.45) is -2.80. The molecule has 0 fully saturated rings. The van der Waals surface area contributed by atoms with Crippen molar-refractivity contribution in [1.82, 2.24) is 37.2 Å². The minimum Gasteiger partial charge on any atom is -0.481 e. The fourth-order valence-corrected chi connectivity index (χ4v) is 5.01. The molecule has 0 heterocycles. The first-order chi connectivity index (χ1) is 27.2. The Kier molecular flexibility index (Phi) is 21.7. The fourth-order valence-electron chi connectivity index (χ4n) is 4.76. The molecule has 58 heavy (non-hydrogen) atoms. The van der Waals surface area contributed by atoms with Crippen molar-refractivity contribution < 1.29 is 83.4 Å². The van der Waals surface area contributed by atoms with Crippen LogP contribution in [0.4, 0.5) is 9.59 Å². The van der Waals surface area contributed by atoms with Gasteiger partial charge in [-0.25, -0.2) is 24.0 Å². The fraction of sp³-hybridized carbons (Fsp3) is 0.485. The van der Waals surface area contributed by atoms with Crippen molar-refractivity contribution in [2.45, 2.75) is 88.1 Å². The largest absolute Gasteiger partial charge is 0.481 e. The van der Waals surface area contributed by atoms with Crippen molar-refractivity contribution in [3.05, 3.63) is 35.4 Å². The van der Waals surface area contributed by atoms with Gasteiger partial charge in [0.2, 0.25) is 17.7 Å². The van der Waals surface area contributed by atoms with Crippen LogP contribution in [0.3, 0.4) is 0 Å². The van der Waals surface area contributed by atoms with E-state index in [1.807, 2.05) is 16.0 Å². The number of thiol groups is 1. The molecule has 24 nitrogen and oxygen atoms in total. The van der Waals surface area contributed by atoms with E-state index in [9.17, 15) is 68.1 Å². The molecule has 0 bridgehead atoms. The first kappa shape index (κ1) is 49.4. The Hall–Kier alpha value is -6.66. The van der Waals surface area contributed by atoms with E-state index in [1.54, 1.807) is 12.1 Å². The van der Waals surface area contributed by atoms with E-state index in [0.29, 0.717) is 17.5 Å². The van der Waals surface area contributed by atoms with Crippen molar-refractivity contribution in [1.29, 1.82) is 0 Å². The minimum atomic E-state index is -1.83. The summed E-state index contributed by atoms with van der Waals surface area (Å²) < 4.78 is 0. The van der Waals surface area contributed by atoms with Crippen molar-refractivity contribution in [3.63, 3.8) is 0 Å². The van der Waals surface area contributed by atoms with Gasteiger partial charge in [-0.15, -0.1) is 0 Å². The average molecular weight is 844 g/mol. The Morgan fingerprint density at radius 1 is 0.517 bits per heavy atom. The highest BCUT2D eigenvalue weighted by Crippen LogP contribution is 2.08. The van der Waals surface area contributed by atoms with Crippen LogP contribution in [0.15, 0.2) is 24.3 Å². The molecule has 0 saturated heterocycles. The lowest BCUT2D eigenvalue weighted by Gasteiger charge is -2.22. The normalized spacial score (nSPS) is 13.1. The van der Waals surface area contributed by atoms with Crippen LogP contribution in [0, 0.1) is 0 Å². The number of urea groups is 2. The van der Waals surface area contributed by atoms with Crippen LogP contribution in [0.25, 0.3) is 0 Å². The van der Waals surface area contributed by atoms with Gasteiger partial charge < -0.3 is 67.9 Å². The smallest absolute Gasteiger partial charge is 0.327 e. The van der Waals surface area contributed by atoms with Crippen molar-refractivity contribution in [3.8, 4) is 0 Å². The lowest BCUT2D eigenvalue weighted by atomic mass is 10.1. The molecule has 0 aliphatic rings. The third-order valence-electron chi connectivity index (χ3n) is 7.74. The summed E-state index contributed by atoms with van der Waals surface area (Å²) in [5.74, 6) is -12.3. The third-order valence-corrected chi connectivity index (χ3v) is 8.10. The second-order valence-electron chi connectivity index (χ2n) is 12.4. The summed E-state index contributed by atoms with van der Waals surface area (Å²) in [7, 11) is 0. The SMILES string of the molecule is O=C(O)CC[C@H](NC(=O)N[C@@H](CCCCNC(=O)NCc1ccc(CC(=O)N[C@@H](CC(=O)O)C(=O)N[C@@H](CC(=O)O)C(=O)N[C@H](CS)C(=O)O)cc1)C(=O)O)C(=O)O. The lowest BCUT2D eigenvalue weighted by Crippen LogP contribution is -2.57. The zero-order chi connectivity index (χ0) is 43.9. The number of hydrogen-bond acceptors (Lipinski definition) is 12. The number of benzene rings is 1. The lowest BCUT2D eigenvalue weighted by molar-refractivity contribution is -0.144. The average Bonchev–Trinajstić information content (AvgIpc) is 3.13. The highest BCUT2D eigenvalue weighted by molar-refractivity contribution is 7.80. The molecule has 1 aromatic carbocycles. The quantitative estimate of drug-likeness (QED) is 0.0327. The van der Waals surface area contributed by atoms with Crippen LogP contribution in [0.5, 0.6) is 0 Å². The van der Waals surface area contributed by atoms with Gasteiger partial charge in [0.1, 0.15) is 30.2 Å². The second kappa shape index (κ2) is 25.5. The number of aliphatic carboxylic acids is 6. The maximum atomic E-state index is 12.9. The van der Waals surface area contributed by atoms with Gasteiger partial charge in [-0.2, -0.15) is 12.6 Å². The van der Waals surface area contributed by atoms with Crippen molar-refractivity contribution in [2.24, 2.45) is 0 Å². The molecule has 0 saturated carbocycles. The van der Waals surface area contributed by atoms with Crippen LogP contribution in [-0.2, 0) is 56.1 Å². The number of carbonyl (C=O) groups is 11. The molecule has 0 unspecified atom stereocenters. The Morgan fingerprint density at radius 2 is 1.00 bits per heavy atom. The van der Waals surface area contributed by atoms with E-state index in [2.05, 4.69) is 33.9 Å². The maximum absolute atomic E-state index is 12.9. The topological polar surface area (TPSA) is 393 Å². The number of hydrogen-bond donors (Lipinski definition) is 14. The molecule has 0 radical (unpaired) electrons. The van der Waals surface area contributed by atoms with Gasteiger partial charge in [-0.3, -0.25) is 28.8 Å². The van der Waals surface area contributed by atoms with Gasteiger partial charge in [0.25, 0.3) is 0 Å². The van der Waals surface area contributed by atoms with Crippen molar-refractivity contribution in [2.75, 3.05) is 12.3 Å². The number of carboxylic acid groups (broad SMARTS) is 6. The molecule has 0 spiro atoms. The number of rotatable bonds is 27. The molecule has 13 N–H and O–H groups in total. The first-order valence-corrected chi connectivity index (χ1v) is 17.9. The first-order valence-electron chi connectivity index (χ1n) is 17.2. The molecular formula is C33H45N7O17S. The summed E-state index contributed by atoms with van der Waals surface area (Å²) in [6.45, 7) is 0.152. The van der Waals surface area contributed by atoms with E-state index >= 15 is 0 Å². The number of amides is 7. The molecular weight excluding hydrogens is 798 g/mol. The third kappa shape index (κ3) is 20.3. The van der Waals surface area contributed by atoms with E-state index in [4.69, 9.17) is 15.3 Å². The van der Waals surface area contributed by atoms with E-state index in [1.165, 1.54) is 12.1 Å². The maximum Gasteiger partial charge on any atom is 0.327 e. The minimum absolute atomic E-state index is 0.0371. The highest BCUT2D eigenvalue weighted by Gasteiger charge is 2.32. The van der Waals surface area contributed by atoms with Crippen LogP contribution in [0.2, 0.25) is 0 Å². The molecule has 320 valence electrons. The van der Waals surface area contributed by atoms with Gasteiger partial charge in [-0.05, 0) is 36.8 Å². The van der Waals surface area contributed by atoms with Gasteiger partial charge in [0.15, 0.2) is 0 Å². The molecule has 0 aromatic heterocycles. The second-order valence-corrected chi connectivity index (χ2v) is 12.8. The monoisotopic (exact) mass is 843 g/mol. The van der Waals surface area contributed by atoms with Gasteiger partial charge >= 0.3 is 47.9 Å². The van der Waals surface area contributed by atoms with Crippen LogP contribution in [-0.4, -0.2) is 139 Å². The number of unbranched alkanes of at least 4 members (excludes halogenated alkanes) is 1. The summed E-state index contributed by atoms with van der Waals surface area (Å²) in [5.41, 5.74) is 0.997. The van der Waals surface area contributed by atoms with Crippen molar-refractivity contribution >= 4 is 78.2 Å². The number of carboxylic acids is 6.